The number of rotatable bonds is 3. The summed E-state index contributed by atoms with van der Waals surface area (Å²) in [6.45, 7) is 5.65. The van der Waals surface area contributed by atoms with E-state index in [2.05, 4.69) is 22.4 Å². The van der Waals surface area contributed by atoms with Gasteiger partial charge in [0.15, 0.2) is 0 Å². The first-order chi connectivity index (χ1) is 7.88. The van der Waals surface area contributed by atoms with E-state index in [0.29, 0.717) is 0 Å². The van der Waals surface area contributed by atoms with Crippen LogP contribution in [0.1, 0.15) is 19.8 Å². The Morgan fingerprint density at radius 1 is 1.19 bits per heavy atom. The standard InChI is InChI=1S/C13H19N3/c1-2-16-10-8-13(9-11-16)15-14-12-6-4-3-5-7-12/h3-7,14H,2,8-11H2,1H3. The number of hydrazone groups is 1. The Kier molecular flexibility index (Phi) is 3.94. The highest BCUT2D eigenvalue weighted by Crippen LogP contribution is 2.09. The number of hydrogen-bond acceptors (Lipinski definition) is 3. The monoisotopic (exact) mass is 217 g/mol. The molecule has 1 saturated heterocycles. The molecule has 1 fully saturated rings. The Labute approximate surface area is 97.2 Å². The second-order valence-electron chi connectivity index (χ2n) is 4.09. The van der Waals surface area contributed by atoms with Gasteiger partial charge in [-0.1, -0.05) is 25.1 Å². The number of nitrogens with one attached hydrogen (secondary N) is 1. The van der Waals surface area contributed by atoms with Crippen molar-refractivity contribution in [1.82, 2.24) is 4.90 Å². The fraction of sp³-hybridized carbons (Fsp3) is 0.462. The van der Waals surface area contributed by atoms with Crippen LogP contribution in [0.5, 0.6) is 0 Å². The summed E-state index contributed by atoms with van der Waals surface area (Å²) in [5.41, 5.74) is 5.47. The molecule has 1 aromatic carbocycles. The summed E-state index contributed by atoms with van der Waals surface area (Å²) >= 11 is 0. The molecule has 0 spiro atoms. The summed E-state index contributed by atoms with van der Waals surface area (Å²) in [6, 6.07) is 10.1. The third-order valence-electron chi connectivity index (χ3n) is 3.00. The Hall–Kier alpha value is -1.35. The smallest absolute Gasteiger partial charge is 0.0561 e. The zero-order valence-electron chi connectivity index (χ0n) is 9.82. The molecule has 0 amide bonds. The molecule has 0 unspecified atom stereocenters. The van der Waals surface area contributed by atoms with Crippen molar-refractivity contribution >= 4 is 11.4 Å². The third-order valence-corrected chi connectivity index (χ3v) is 3.00. The number of anilines is 1. The van der Waals surface area contributed by atoms with E-state index in [9.17, 15) is 0 Å². The lowest BCUT2D eigenvalue weighted by Gasteiger charge is -2.25. The van der Waals surface area contributed by atoms with Gasteiger partial charge in [-0.3, -0.25) is 5.43 Å². The zero-order valence-corrected chi connectivity index (χ0v) is 9.82. The predicted molar refractivity (Wildman–Crippen MR) is 68.8 cm³/mol. The maximum Gasteiger partial charge on any atom is 0.0561 e. The van der Waals surface area contributed by atoms with Crippen molar-refractivity contribution in [2.24, 2.45) is 5.10 Å². The van der Waals surface area contributed by atoms with Crippen molar-refractivity contribution in [2.45, 2.75) is 19.8 Å². The Morgan fingerprint density at radius 2 is 1.88 bits per heavy atom. The van der Waals surface area contributed by atoms with Crippen LogP contribution in [0.3, 0.4) is 0 Å². The lowest BCUT2D eigenvalue weighted by Crippen LogP contribution is -2.33. The number of benzene rings is 1. The van der Waals surface area contributed by atoms with Gasteiger partial charge in [-0.2, -0.15) is 5.10 Å². The van der Waals surface area contributed by atoms with Gasteiger partial charge in [0, 0.05) is 31.6 Å². The van der Waals surface area contributed by atoms with E-state index in [-0.39, 0.29) is 0 Å². The highest BCUT2D eigenvalue weighted by Gasteiger charge is 2.12. The highest BCUT2D eigenvalue weighted by atomic mass is 15.3. The Bertz CT molecular complexity index is 335. The van der Waals surface area contributed by atoms with E-state index in [1.165, 1.54) is 5.71 Å². The summed E-state index contributed by atoms with van der Waals surface area (Å²) in [7, 11) is 0. The first-order valence-electron chi connectivity index (χ1n) is 5.97. The molecule has 3 nitrogen and oxygen atoms in total. The molecule has 1 aliphatic heterocycles. The number of para-hydroxylation sites is 1. The summed E-state index contributed by atoms with van der Waals surface area (Å²) < 4.78 is 0. The molecule has 1 heterocycles. The molecule has 86 valence electrons. The van der Waals surface area contributed by atoms with Crippen LogP contribution in [0.25, 0.3) is 0 Å². The average molecular weight is 217 g/mol. The second kappa shape index (κ2) is 5.66. The van der Waals surface area contributed by atoms with E-state index >= 15 is 0 Å². The topological polar surface area (TPSA) is 27.6 Å². The quantitative estimate of drug-likeness (QED) is 0.788. The molecular weight excluding hydrogens is 198 g/mol. The summed E-state index contributed by atoms with van der Waals surface area (Å²) in [4.78, 5) is 2.46. The van der Waals surface area contributed by atoms with Crippen LogP contribution in [0, 0.1) is 0 Å². The van der Waals surface area contributed by atoms with Crippen molar-refractivity contribution in [3.05, 3.63) is 30.3 Å². The van der Waals surface area contributed by atoms with Crippen molar-refractivity contribution in [2.75, 3.05) is 25.1 Å². The van der Waals surface area contributed by atoms with Crippen molar-refractivity contribution in [3.8, 4) is 0 Å². The number of nitrogens with zero attached hydrogens (tertiary/aromatic N) is 2. The average Bonchev–Trinajstić information content (AvgIpc) is 2.38. The lowest BCUT2D eigenvalue weighted by molar-refractivity contribution is 0.289. The van der Waals surface area contributed by atoms with Gasteiger partial charge in [0.05, 0.1) is 5.69 Å². The molecule has 1 aliphatic rings. The Morgan fingerprint density at radius 3 is 2.50 bits per heavy atom. The number of hydrogen-bond donors (Lipinski definition) is 1. The largest absolute Gasteiger partial charge is 0.303 e. The second-order valence-corrected chi connectivity index (χ2v) is 4.09. The lowest BCUT2D eigenvalue weighted by atomic mass is 10.1. The van der Waals surface area contributed by atoms with E-state index in [1.807, 2.05) is 30.3 Å². The fourth-order valence-corrected chi connectivity index (χ4v) is 1.90. The fourth-order valence-electron chi connectivity index (χ4n) is 1.90. The molecule has 0 saturated carbocycles. The first kappa shape index (κ1) is 11.1. The van der Waals surface area contributed by atoms with Gasteiger partial charge in [-0.25, -0.2) is 0 Å². The first-order valence-corrected chi connectivity index (χ1v) is 5.97. The van der Waals surface area contributed by atoms with E-state index in [0.717, 1.165) is 38.2 Å². The van der Waals surface area contributed by atoms with Crippen LogP contribution in [0.4, 0.5) is 5.69 Å². The third kappa shape index (κ3) is 3.07. The van der Waals surface area contributed by atoms with Gasteiger partial charge < -0.3 is 4.90 Å². The van der Waals surface area contributed by atoms with E-state index in [1.54, 1.807) is 0 Å². The minimum Gasteiger partial charge on any atom is -0.303 e. The zero-order chi connectivity index (χ0) is 11.2. The minimum absolute atomic E-state index is 1.06. The molecule has 16 heavy (non-hydrogen) atoms. The van der Waals surface area contributed by atoms with Crippen LogP contribution >= 0.6 is 0 Å². The molecule has 0 radical (unpaired) electrons. The van der Waals surface area contributed by atoms with Crippen molar-refractivity contribution in [3.63, 3.8) is 0 Å². The van der Waals surface area contributed by atoms with Gasteiger partial charge in [-0.15, -0.1) is 0 Å². The van der Waals surface area contributed by atoms with Crippen LogP contribution < -0.4 is 5.43 Å². The van der Waals surface area contributed by atoms with Gasteiger partial charge in [0.1, 0.15) is 0 Å². The molecule has 0 bridgehead atoms. The van der Waals surface area contributed by atoms with Crippen LogP contribution in [-0.2, 0) is 0 Å². The molecule has 0 aliphatic carbocycles. The molecule has 3 heteroatoms. The van der Waals surface area contributed by atoms with E-state index in [4.69, 9.17) is 0 Å². The summed E-state index contributed by atoms with van der Waals surface area (Å²) in [5, 5.41) is 4.46. The molecule has 1 aromatic rings. The van der Waals surface area contributed by atoms with Crippen LogP contribution in [0.2, 0.25) is 0 Å². The minimum atomic E-state index is 1.06. The van der Waals surface area contributed by atoms with Gasteiger partial charge in [0.25, 0.3) is 0 Å². The Balaban J connectivity index is 1.85. The van der Waals surface area contributed by atoms with Gasteiger partial charge in [-0.05, 0) is 18.7 Å². The maximum absolute atomic E-state index is 4.46. The van der Waals surface area contributed by atoms with Gasteiger partial charge >= 0.3 is 0 Å². The maximum atomic E-state index is 4.46. The summed E-state index contributed by atoms with van der Waals surface area (Å²) in [5.74, 6) is 0. The normalized spacial score (nSPS) is 17.2. The molecule has 0 aromatic heterocycles. The number of likely N-dealkylation sites (tertiary alicyclic amines) is 1. The molecule has 2 rings (SSSR count). The molecule has 0 atom stereocenters. The summed E-state index contributed by atoms with van der Waals surface area (Å²) in [6.07, 6.45) is 2.18. The van der Waals surface area contributed by atoms with Crippen molar-refractivity contribution < 1.29 is 0 Å². The molecule has 1 N–H and O–H groups in total. The van der Waals surface area contributed by atoms with Crippen molar-refractivity contribution in [1.29, 1.82) is 0 Å². The van der Waals surface area contributed by atoms with Crippen LogP contribution in [0.15, 0.2) is 35.4 Å². The van der Waals surface area contributed by atoms with Crippen LogP contribution in [-0.4, -0.2) is 30.2 Å². The van der Waals surface area contributed by atoms with E-state index < -0.39 is 0 Å². The highest BCUT2D eigenvalue weighted by molar-refractivity contribution is 5.86. The number of piperidine rings is 1. The SMILES string of the molecule is CCN1CCC(=NNc2ccccc2)CC1. The molecular formula is C13H19N3. The predicted octanol–water partition coefficient (Wildman–Crippen LogP) is 2.57. The van der Waals surface area contributed by atoms with Gasteiger partial charge in [0.2, 0.25) is 0 Å².